The van der Waals surface area contributed by atoms with Crippen molar-refractivity contribution in [1.82, 2.24) is 9.88 Å². The molecular formula is C39H26N4S. The number of benzene rings is 6. The van der Waals surface area contributed by atoms with Crippen molar-refractivity contribution in [3.8, 4) is 5.69 Å². The Hall–Kier alpha value is -5.52. The Balaban J connectivity index is 1.30. The van der Waals surface area contributed by atoms with E-state index in [0.29, 0.717) is 0 Å². The normalized spacial score (nSPS) is 13.8. The zero-order valence-electron chi connectivity index (χ0n) is 23.7. The third-order valence-electron chi connectivity index (χ3n) is 8.44. The van der Waals surface area contributed by atoms with Crippen molar-refractivity contribution in [1.29, 1.82) is 0 Å². The van der Waals surface area contributed by atoms with Crippen LogP contribution >= 0.6 is 11.3 Å². The van der Waals surface area contributed by atoms with Gasteiger partial charge in [0.05, 0.1) is 11.0 Å². The lowest BCUT2D eigenvalue weighted by molar-refractivity contribution is 0.756. The molecule has 2 aromatic heterocycles. The number of amidine groups is 2. The molecule has 0 unspecified atom stereocenters. The number of aromatic nitrogens is 1. The number of nitrogens with one attached hydrogen (secondary N) is 1. The quantitative estimate of drug-likeness (QED) is 0.221. The monoisotopic (exact) mass is 582 g/mol. The smallest absolute Gasteiger partial charge is 0.169 e. The van der Waals surface area contributed by atoms with Gasteiger partial charge >= 0.3 is 0 Å². The highest BCUT2D eigenvalue weighted by Crippen LogP contribution is 2.44. The molecule has 1 aliphatic heterocycles. The van der Waals surface area contributed by atoms with Crippen molar-refractivity contribution in [2.75, 3.05) is 0 Å². The van der Waals surface area contributed by atoms with E-state index in [1.54, 1.807) is 0 Å². The minimum atomic E-state index is -0.391. The average Bonchev–Trinajstić information content (AvgIpc) is 3.64. The van der Waals surface area contributed by atoms with Crippen molar-refractivity contribution in [3.05, 3.63) is 162 Å². The molecule has 0 saturated heterocycles. The predicted molar refractivity (Wildman–Crippen MR) is 186 cm³/mol. The summed E-state index contributed by atoms with van der Waals surface area (Å²) < 4.78 is 5.03. The van der Waals surface area contributed by atoms with Crippen molar-refractivity contribution in [2.24, 2.45) is 9.98 Å². The van der Waals surface area contributed by atoms with Crippen molar-refractivity contribution in [2.45, 2.75) is 6.17 Å². The van der Waals surface area contributed by atoms with Crippen LogP contribution in [0.5, 0.6) is 0 Å². The van der Waals surface area contributed by atoms with Gasteiger partial charge in [-0.05, 0) is 30.3 Å². The number of thiophene rings is 1. The average molecular weight is 583 g/mol. The van der Waals surface area contributed by atoms with Crippen LogP contribution in [0.2, 0.25) is 0 Å². The van der Waals surface area contributed by atoms with E-state index in [4.69, 9.17) is 9.98 Å². The highest BCUT2D eigenvalue weighted by molar-refractivity contribution is 7.26. The van der Waals surface area contributed by atoms with Gasteiger partial charge in [0.15, 0.2) is 6.17 Å². The molecule has 208 valence electrons. The van der Waals surface area contributed by atoms with Crippen LogP contribution < -0.4 is 5.32 Å². The maximum Gasteiger partial charge on any atom is 0.169 e. The molecule has 5 heteroatoms. The Morgan fingerprint density at radius 1 is 0.545 bits per heavy atom. The third kappa shape index (κ3) is 3.98. The second-order valence-electron chi connectivity index (χ2n) is 11.1. The molecule has 0 saturated carbocycles. The first-order chi connectivity index (χ1) is 21.8. The van der Waals surface area contributed by atoms with Crippen molar-refractivity contribution < 1.29 is 0 Å². The van der Waals surface area contributed by atoms with Gasteiger partial charge in [0, 0.05) is 53.3 Å². The summed E-state index contributed by atoms with van der Waals surface area (Å²) in [5, 5.41) is 8.66. The van der Waals surface area contributed by atoms with Gasteiger partial charge in [-0.2, -0.15) is 0 Å². The van der Waals surface area contributed by atoms with Gasteiger partial charge in [0.2, 0.25) is 0 Å². The molecule has 0 radical (unpaired) electrons. The molecule has 1 N–H and O–H groups in total. The fourth-order valence-electron chi connectivity index (χ4n) is 6.40. The molecule has 0 amide bonds. The maximum atomic E-state index is 5.15. The van der Waals surface area contributed by atoms with E-state index >= 15 is 0 Å². The summed E-state index contributed by atoms with van der Waals surface area (Å²) in [6.45, 7) is 0. The fraction of sp³-hybridized carbons (Fsp3) is 0.0256. The molecule has 4 nitrogen and oxygen atoms in total. The summed E-state index contributed by atoms with van der Waals surface area (Å²) in [6, 6.07) is 51.3. The molecule has 3 heterocycles. The van der Waals surface area contributed by atoms with Gasteiger partial charge in [-0.25, -0.2) is 9.98 Å². The summed E-state index contributed by atoms with van der Waals surface area (Å²) in [6.07, 6.45) is -0.391. The summed E-state index contributed by atoms with van der Waals surface area (Å²) in [4.78, 5) is 10.3. The van der Waals surface area contributed by atoms with Crippen LogP contribution in [0, 0.1) is 0 Å². The molecule has 1 aliphatic rings. The van der Waals surface area contributed by atoms with Crippen molar-refractivity contribution >= 4 is 65.0 Å². The highest BCUT2D eigenvalue weighted by Gasteiger charge is 2.23. The van der Waals surface area contributed by atoms with E-state index in [9.17, 15) is 0 Å². The molecule has 0 bridgehead atoms. The van der Waals surface area contributed by atoms with Gasteiger partial charge in [-0.15, -0.1) is 11.3 Å². The molecule has 0 aliphatic carbocycles. The SMILES string of the molecule is c1ccc(C2=NC(c3ccc4c5c6sc7ccccc7c6ccc5n(-c5ccccc5)c4c3)N=C(c3ccccc3)N2)cc1. The first-order valence-electron chi connectivity index (χ1n) is 14.8. The second kappa shape index (κ2) is 10.0. The lowest BCUT2D eigenvalue weighted by Crippen LogP contribution is -2.35. The van der Waals surface area contributed by atoms with Crippen LogP contribution in [0.1, 0.15) is 22.9 Å². The molecule has 6 aromatic carbocycles. The number of hydrogen-bond donors (Lipinski definition) is 1. The van der Waals surface area contributed by atoms with E-state index in [1.807, 2.05) is 47.7 Å². The third-order valence-corrected chi connectivity index (χ3v) is 9.65. The number of fused-ring (bicyclic) bond motifs is 7. The van der Waals surface area contributed by atoms with E-state index in [-0.39, 0.29) is 0 Å². The number of aliphatic imine (C=N–C) groups is 2. The molecular weight excluding hydrogens is 557 g/mol. The van der Waals surface area contributed by atoms with Crippen LogP contribution in [0.3, 0.4) is 0 Å². The topological polar surface area (TPSA) is 41.7 Å². The van der Waals surface area contributed by atoms with Crippen LogP contribution in [0.25, 0.3) is 47.7 Å². The minimum absolute atomic E-state index is 0.391. The fourth-order valence-corrected chi connectivity index (χ4v) is 7.66. The van der Waals surface area contributed by atoms with Gasteiger partial charge in [-0.1, -0.05) is 115 Å². The standard InChI is InChI=1S/C39H26N4S/c1-4-12-25(13-5-1)37-40-38(26-14-6-2-7-15-26)42-39(41-37)27-20-21-31-33(24-27)43(28-16-8-3-9-17-28)32-23-22-30-29-18-10-11-19-34(29)44-36(30)35(31)32/h1-24,39H,(H,40,41,42). The molecule has 9 rings (SSSR count). The number of para-hydroxylation sites is 1. The van der Waals surface area contributed by atoms with E-state index < -0.39 is 6.17 Å². The molecule has 0 fully saturated rings. The Bertz CT molecular complexity index is 2350. The van der Waals surface area contributed by atoms with Crippen LogP contribution in [-0.4, -0.2) is 16.2 Å². The van der Waals surface area contributed by atoms with Crippen molar-refractivity contribution in [3.63, 3.8) is 0 Å². The summed E-state index contributed by atoms with van der Waals surface area (Å²) >= 11 is 1.88. The van der Waals surface area contributed by atoms with Crippen LogP contribution in [-0.2, 0) is 0 Å². The van der Waals surface area contributed by atoms with Crippen LogP contribution in [0.15, 0.2) is 156 Å². The van der Waals surface area contributed by atoms with Gasteiger partial charge < -0.3 is 9.88 Å². The number of nitrogens with zero attached hydrogens (tertiary/aromatic N) is 3. The Kier molecular flexibility index (Phi) is 5.71. The second-order valence-corrected chi connectivity index (χ2v) is 12.1. The minimum Gasteiger partial charge on any atom is -0.324 e. The summed E-state index contributed by atoms with van der Waals surface area (Å²) in [7, 11) is 0. The van der Waals surface area contributed by atoms with E-state index in [1.165, 1.54) is 36.5 Å². The summed E-state index contributed by atoms with van der Waals surface area (Å²) in [5.41, 5.74) is 6.61. The Morgan fingerprint density at radius 3 is 1.86 bits per heavy atom. The van der Waals surface area contributed by atoms with Crippen LogP contribution in [0.4, 0.5) is 0 Å². The Labute approximate surface area is 258 Å². The zero-order chi connectivity index (χ0) is 29.0. The van der Waals surface area contributed by atoms with Gasteiger partial charge in [-0.3, -0.25) is 0 Å². The number of rotatable bonds is 4. The highest BCUT2D eigenvalue weighted by atomic mass is 32.1. The Morgan fingerprint density at radius 2 is 1.16 bits per heavy atom. The maximum absolute atomic E-state index is 5.15. The first kappa shape index (κ1) is 25.0. The largest absolute Gasteiger partial charge is 0.324 e. The lowest BCUT2D eigenvalue weighted by atomic mass is 10.1. The molecule has 0 atom stereocenters. The molecule has 44 heavy (non-hydrogen) atoms. The van der Waals surface area contributed by atoms with E-state index in [0.717, 1.165) is 39.6 Å². The van der Waals surface area contributed by atoms with Gasteiger partial charge in [0.25, 0.3) is 0 Å². The zero-order valence-corrected chi connectivity index (χ0v) is 24.5. The first-order valence-corrected chi connectivity index (χ1v) is 15.6. The molecule has 0 spiro atoms. The lowest BCUT2D eigenvalue weighted by Gasteiger charge is -2.22. The summed E-state index contributed by atoms with van der Waals surface area (Å²) in [5.74, 6) is 1.64. The van der Waals surface area contributed by atoms with E-state index in [2.05, 4.69) is 119 Å². The van der Waals surface area contributed by atoms with Gasteiger partial charge in [0.1, 0.15) is 11.7 Å². The predicted octanol–water partition coefficient (Wildman–Crippen LogP) is 9.65. The number of hydrogen-bond acceptors (Lipinski definition) is 4. The molecule has 8 aromatic rings.